The smallest absolute Gasteiger partial charge is 0.312 e. The van der Waals surface area contributed by atoms with Crippen molar-refractivity contribution >= 4 is 128 Å². The van der Waals surface area contributed by atoms with E-state index in [9.17, 15) is 28.8 Å². The number of benzene rings is 10. The number of hydrogen-bond acceptors (Lipinski definition) is 21. The Balaban J connectivity index is 0.000000192. The number of carbonyl (C=O) groups excluding carboxylic acids is 5. The lowest BCUT2D eigenvalue weighted by Crippen LogP contribution is -2.57. The molecule has 756 valence electrons. The number of Topliss-reactive ketones (excluding diaryl/α,β-unsaturated/α-hetero) is 3. The number of carboxylic acid groups (broad SMARTS) is 1. The number of carboxylic acids is 1. The second-order valence-corrected chi connectivity index (χ2v) is 39.2. The first-order valence-electron chi connectivity index (χ1n) is 48.2. The maximum atomic E-state index is 15.4. The van der Waals surface area contributed by atoms with E-state index in [0.717, 1.165) is 68.7 Å². The van der Waals surface area contributed by atoms with Crippen LogP contribution >= 0.6 is 69.6 Å². The van der Waals surface area contributed by atoms with Crippen LogP contribution in [0.15, 0.2) is 229 Å². The summed E-state index contributed by atoms with van der Waals surface area (Å²) in [6.07, 6.45) is 7.66. The molecule has 12 aromatic rings. The average molecular weight is 2090 g/mol. The van der Waals surface area contributed by atoms with Gasteiger partial charge in [0.05, 0.1) is 112 Å². The Morgan fingerprint density at radius 2 is 0.814 bits per heavy atom. The van der Waals surface area contributed by atoms with Crippen molar-refractivity contribution in [2.75, 3.05) is 97.4 Å². The van der Waals surface area contributed by atoms with Crippen LogP contribution in [-0.2, 0) is 54.6 Å². The molecule has 32 heteroatoms. The third-order valence-electron chi connectivity index (χ3n) is 25.5. The predicted molar refractivity (Wildman–Crippen MR) is 566 cm³/mol. The molecule has 4 atom stereocenters. The van der Waals surface area contributed by atoms with Crippen molar-refractivity contribution in [3.63, 3.8) is 0 Å². The van der Waals surface area contributed by atoms with Crippen LogP contribution in [0.3, 0.4) is 0 Å². The van der Waals surface area contributed by atoms with E-state index in [4.69, 9.17) is 129 Å². The molecule has 4 aliphatic heterocycles. The molecule has 4 aliphatic rings. The van der Waals surface area contributed by atoms with Crippen LogP contribution in [0.2, 0.25) is 30.1 Å². The average Bonchev–Trinajstić information content (AvgIpc) is 1.74. The number of methoxy groups -OCH3 is 4. The first kappa shape index (κ1) is 108. The number of hydrogen-bond donors (Lipinski definition) is 2. The number of ether oxygens (including phenoxy) is 6. The second-order valence-electron chi connectivity index (χ2n) is 36.6. The number of fused-ring (bicyclic) bond motifs is 6. The molecule has 24 nitrogen and oxygen atoms in total. The molecule has 2 saturated heterocycles. The number of piperazine rings is 2. The number of nitrogens with zero attached hydrogens (tertiary/aromatic N) is 10. The molecule has 6 heterocycles. The van der Waals surface area contributed by atoms with Crippen molar-refractivity contribution in [1.82, 2.24) is 29.7 Å². The minimum absolute atomic E-state index is 0.0149. The molecule has 2 fully saturated rings. The molecule has 145 heavy (non-hydrogen) atoms. The summed E-state index contributed by atoms with van der Waals surface area (Å²) >= 11 is 37.7. The van der Waals surface area contributed by atoms with Crippen LogP contribution in [-0.4, -0.2) is 181 Å². The predicted octanol–water partition coefficient (Wildman–Crippen LogP) is 23.5. The summed E-state index contributed by atoms with van der Waals surface area (Å²) in [5, 5.41) is 12.7. The zero-order valence-electron chi connectivity index (χ0n) is 81.9. The van der Waals surface area contributed by atoms with Gasteiger partial charge in [0.25, 0.3) is 0 Å². The van der Waals surface area contributed by atoms with Gasteiger partial charge in [0.1, 0.15) is 58.5 Å². The third kappa shape index (κ3) is 28.0. The van der Waals surface area contributed by atoms with Gasteiger partial charge in [0.15, 0.2) is 11.6 Å². The number of amides is 2. The first-order chi connectivity index (χ1) is 70.0. The van der Waals surface area contributed by atoms with Gasteiger partial charge in [-0.25, -0.2) is 28.7 Å². The highest BCUT2D eigenvalue weighted by Gasteiger charge is 2.41. The number of anilines is 2. The minimum atomic E-state index is -1.11. The summed E-state index contributed by atoms with van der Waals surface area (Å²) in [5.41, 5.74) is 19.3. The molecule has 0 radical (unpaired) electrons. The molecule has 1 unspecified atom stereocenters. The zero-order chi connectivity index (χ0) is 103. The maximum Gasteiger partial charge on any atom is 0.312 e. The number of nitrogens with two attached hydrogens (primary N) is 1. The molecule has 10 aromatic carbocycles. The minimum Gasteiger partial charge on any atom is -0.496 e. The van der Waals surface area contributed by atoms with Gasteiger partial charge in [-0.3, -0.25) is 38.8 Å². The Kier molecular flexibility index (Phi) is 38.4. The topological polar surface area (TPSA) is 293 Å². The van der Waals surface area contributed by atoms with Crippen LogP contribution < -0.4 is 34.5 Å². The van der Waals surface area contributed by atoms with Crippen molar-refractivity contribution in [2.45, 2.75) is 142 Å². The number of carbonyl (C=O) groups is 6. The number of rotatable bonds is 38. The standard InChI is InChI=1S/C57H57Cl3FN5O6.C33H32ClFN4O4.C23H26Cl2N2O3/c1-35(2)26-43-33-65(34-49(37-13-15-39(58)16-14-37)66(43)42-20-17-40(59)18-21-42)54(69)30-44(67)8-6-24-72-25-7-10-50(68)46-22-12-36(27-52(46)71-4)28-53-62-31-38-32-63-57(55-48(61)9-5-11-51(55)70-3)47-29-41(60)19-23-45(47)56(38)64-53;1-41-28-7-3-5-26(35)31(28)33-25-17-22(34)9-11-23(25)32-21(19-38-33)18-37-30(39-32)16-20-8-10-24(29(15-20)42-2)27(40)6-4-13-43-14-12-36;1-15(2)11-20-13-26(22(28)12-23(29)30)14-21(16-3-5-17(24)6-4-16)27(20)19-9-7-18(25)8-10-19/h5,9,11-23,27,29,31,35,43,49H,6-8,10,24-26,28,30,32-34H2,1-4H3;3,5,7-11,15,17-18H,4,6,12-14,16,19,36H2,1-2H3;3-10,15,20-21H,11-14H2,1-2H3,(H,29,30)/t43-,49-;;20-,21?/m0.0/s1. The Hall–Kier alpha value is -12.6. The van der Waals surface area contributed by atoms with Gasteiger partial charge in [-0.15, -0.1) is 0 Å². The number of halogens is 8. The molecule has 0 saturated carbocycles. The Bertz CT molecular complexity index is 6680. The summed E-state index contributed by atoms with van der Waals surface area (Å²) in [5.74, 6) is 0.768. The quantitative estimate of drug-likeness (QED) is 0.0206. The molecule has 2 amide bonds. The number of aromatic nitrogens is 4. The first-order valence-corrected chi connectivity index (χ1v) is 50.4. The molecule has 3 N–H and O–H groups in total. The fraction of sp³-hybridized carbons (Fsp3) is 0.327. The molecular weight excluding hydrogens is 1970 g/mol. The summed E-state index contributed by atoms with van der Waals surface area (Å²) in [4.78, 5) is 114. The van der Waals surface area contributed by atoms with Crippen molar-refractivity contribution in [2.24, 2.45) is 27.6 Å². The van der Waals surface area contributed by atoms with Crippen LogP contribution in [0.4, 0.5) is 20.2 Å². The van der Waals surface area contributed by atoms with E-state index in [1.54, 1.807) is 85.1 Å². The molecule has 16 rings (SSSR count). The summed E-state index contributed by atoms with van der Waals surface area (Å²) in [6, 6.07) is 61.7. The van der Waals surface area contributed by atoms with E-state index in [2.05, 4.69) is 47.5 Å². The molecule has 2 aromatic heterocycles. The highest BCUT2D eigenvalue weighted by molar-refractivity contribution is 6.33. The van der Waals surface area contributed by atoms with Crippen LogP contribution in [0, 0.1) is 23.5 Å². The normalized spacial score (nSPS) is 15.2. The molecule has 0 bridgehead atoms. The largest absolute Gasteiger partial charge is 0.496 e. The summed E-state index contributed by atoms with van der Waals surface area (Å²) in [7, 11) is 6.06. The monoisotopic (exact) mass is 2080 g/mol. The van der Waals surface area contributed by atoms with E-state index in [-0.39, 0.29) is 96.8 Å². The summed E-state index contributed by atoms with van der Waals surface area (Å²) < 4.78 is 64.0. The number of aliphatic imine (C=N–C) groups is 2. The van der Waals surface area contributed by atoms with Crippen LogP contribution in [0.25, 0.3) is 22.5 Å². The molecule has 0 spiro atoms. The molecular formula is C113H115Cl6F2N11O13. The number of ketones is 3. The van der Waals surface area contributed by atoms with Crippen molar-refractivity contribution in [3.05, 3.63) is 339 Å². The van der Waals surface area contributed by atoms with Gasteiger partial charge in [0, 0.05) is 184 Å². The van der Waals surface area contributed by atoms with Gasteiger partial charge in [0.2, 0.25) is 11.8 Å². The van der Waals surface area contributed by atoms with E-state index < -0.39 is 24.0 Å². The van der Waals surface area contributed by atoms with E-state index in [1.807, 2.05) is 138 Å². The lowest BCUT2D eigenvalue weighted by molar-refractivity contribution is -0.145. The van der Waals surface area contributed by atoms with E-state index >= 15 is 8.78 Å². The second kappa shape index (κ2) is 51.4. The lowest BCUT2D eigenvalue weighted by Gasteiger charge is -2.49. The zero-order valence-corrected chi connectivity index (χ0v) is 86.5. The van der Waals surface area contributed by atoms with Gasteiger partial charge < -0.3 is 58.9 Å². The van der Waals surface area contributed by atoms with E-state index in [0.29, 0.717) is 219 Å². The Labute approximate surface area is 873 Å². The third-order valence-corrected chi connectivity index (χ3v) is 26.9. The van der Waals surface area contributed by atoms with Crippen LogP contribution in [0.5, 0.6) is 23.0 Å². The fourth-order valence-electron chi connectivity index (χ4n) is 18.8. The van der Waals surface area contributed by atoms with Crippen molar-refractivity contribution in [1.29, 1.82) is 0 Å². The summed E-state index contributed by atoms with van der Waals surface area (Å²) in [6.45, 7) is 13.0. The fourth-order valence-corrected chi connectivity index (χ4v) is 19.6. The van der Waals surface area contributed by atoms with Gasteiger partial charge in [-0.05, 0) is 212 Å². The highest BCUT2D eigenvalue weighted by atomic mass is 35.5. The SMILES string of the molecule is CC(C)C[C@H]1CN(C(=O)CC(=O)O)CC(c2ccc(Cl)cc2)N1c1ccc(Cl)cc1.COc1cc(Cc2ncc3c(n2)-c2ccc(Cl)cc2C(c2c(F)cccc2OC)=NC3)ccc1C(=O)CCCOCCCC(=O)CC(=O)N1C[C@H](CC(C)C)N(c2ccc(Cl)cc2)[C@H](c2ccc(Cl)cc2)C1.COc1cc(Cc2ncc3c(n2)-c2ccc(Cl)cc2C(c2c(F)cccc2OC)=NC3)ccc1C(=O)CCCOCCN. The van der Waals surface area contributed by atoms with Crippen molar-refractivity contribution < 1.29 is 71.1 Å². The highest BCUT2D eigenvalue weighted by Crippen LogP contribution is 2.44. The van der Waals surface area contributed by atoms with Crippen molar-refractivity contribution in [3.8, 4) is 45.5 Å². The van der Waals surface area contributed by atoms with E-state index in [1.165, 1.54) is 33.5 Å². The van der Waals surface area contributed by atoms with Gasteiger partial charge >= 0.3 is 5.97 Å². The lowest BCUT2D eigenvalue weighted by atomic mass is 9.92. The Morgan fingerprint density at radius 3 is 1.20 bits per heavy atom. The van der Waals surface area contributed by atoms with Gasteiger partial charge in [-0.2, -0.15) is 0 Å². The number of aliphatic carboxylic acids is 1. The maximum absolute atomic E-state index is 15.4. The van der Waals surface area contributed by atoms with Gasteiger partial charge in [-0.1, -0.05) is 158 Å². The van der Waals surface area contributed by atoms with Crippen LogP contribution in [0.1, 0.15) is 192 Å². The molecule has 0 aliphatic carbocycles. The Morgan fingerprint density at radius 1 is 0.434 bits per heavy atom.